The van der Waals surface area contributed by atoms with Gasteiger partial charge in [0.25, 0.3) is 0 Å². The number of hydrogen-bond acceptors (Lipinski definition) is 3. The summed E-state index contributed by atoms with van der Waals surface area (Å²) in [6.45, 7) is 7.36. The molecule has 110 valence electrons. The van der Waals surface area contributed by atoms with Crippen molar-refractivity contribution >= 4 is 22.8 Å². The summed E-state index contributed by atoms with van der Waals surface area (Å²) in [7, 11) is 4.19. The normalized spacial score (nSPS) is 12.6. The topological polar surface area (TPSA) is 34.0 Å². The van der Waals surface area contributed by atoms with Crippen LogP contribution in [0.5, 0.6) is 0 Å². The Labute approximate surface area is 125 Å². The Balaban J connectivity index is 2.54. The maximum Gasteiger partial charge on any atom is 0.160 e. The Morgan fingerprint density at radius 2 is 2.05 bits per heavy atom. The molecule has 0 radical (unpaired) electrons. The predicted octanol–water partition coefficient (Wildman–Crippen LogP) is 2.86. The Hall–Kier alpha value is -1.13. The molecule has 0 aliphatic rings. The van der Waals surface area contributed by atoms with Gasteiger partial charge in [-0.25, -0.2) is 9.97 Å². The molecule has 0 aliphatic heterocycles. The average Bonchev–Trinajstić information content (AvgIpc) is 2.69. The first-order chi connectivity index (χ1) is 9.36. The Bertz CT molecular complexity index is 601. The number of aromatic nitrogens is 3. The van der Waals surface area contributed by atoms with E-state index in [2.05, 4.69) is 49.3 Å². The van der Waals surface area contributed by atoms with Crippen molar-refractivity contribution in [2.24, 2.45) is 0 Å². The lowest BCUT2D eigenvalue weighted by Gasteiger charge is -2.33. The molecule has 0 fully saturated rings. The van der Waals surface area contributed by atoms with Gasteiger partial charge in [-0.3, -0.25) is 0 Å². The fraction of sp³-hybridized carbons (Fsp3) is 0.600. The maximum absolute atomic E-state index is 5.93. The summed E-state index contributed by atoms with van der Waals surface area (Å²) >= 11 is 5.93. The van der Waals surface area contributed by atoms with E-state index >= 15 is 0 Å². The van der Waals surface area contributed by atoms with E-state index in [4.69, 9.17) is 16.6 Å². The van der Waals surface area contributed by atoms with E-state index in [1.165, 1.54) is 0 Å². The summed E-state index contributed by atoms with van der Waals surface area (Å²) in [5.41, 5.74) is 3.13. The van der Waals surface area contributed by atoms with Crippen molar-refractivity contribution in [3.8, 4) is 0 Å². The highest BCUT2D eigenvalue weighted by molar-refractivity contribution is 6.17. The number of rotatable bonds is 5. The highest BCUT2D eigenvalue weighted by Gasteiger charge is 2.24. The summed E-state index contributed by atoms with van der Waals surface area (Å²) in [5, 5.41) is 0. The van der Waals surface area contributed by atoms with Crippen LogP contribution < -0.4 is 0 Å². The number of imidazole rings is 1. The zero-order valence-electron chi connectivity index (χ0n) is 12.9. The molecule has 4 nitrogen and oxygen atoms in total. The highest BCUT2D eigenvalue weighted by atomic mass is 35.5. The second-order valence-corrected chi connectivity index (χ2v) is 6.44. The first-order valence-electron chi connectivity index (χ1n) is 6.91. The van der Waals surface area contributed by atoms with Crippen LogP contribution in [0.25, 0.3) is 11.2 Å². The molecule has 0 bridgehead atoms. The van der Waals surface area contributed by atoms with E-state index in [-0.39, 0.29) is 5.54 Å². The zero-order chi connectivity index (χ0) is 14.9. The molecule has 0 saturated carbocycles. The van der Waals surface area contributed by atoms with Gasteiger partial charge in [0.05, 0.1) is 0 Å². The van der Waals surface area contributed by atoms with E-state index < -0.39 is 0 Å². The summed E-state index contributed by atoms with van der Waals surface area (Å²) in [6, 6.07) is 2.00. The summed E-state index contributed by atoms with van der Waals surface area (Å²) in [5.74, 6) is 1.59. The molecule has 2 aromatic heterocycles. The maximum atomic E-state index is 5.93. The molecule has 2 aromatic rings. The van der Waals surface area contributed by atoms with E-state index in [0.717, 1.165) is 35.5 Å². The number of likely N-dealkylation sites (N-methyl/N-ethyl adjacent to an activating group) is 1. The van der Waals surface area contributed by atoms with Crippen LogP contribution >= 0.6 is 11.6 Å². The molecule has 0 atom stereocenters. The number of nitrogens with zero attached hydrogens (tertiary/aromatic N) is 4. The van der Waals surface area contributed by atoms with E-state index in [1.807, 2.05) is 12.3 Å². The van der Waals surface area contributed by atoms with Crippen LogP contribution in [0, 0.1) is 6.92 Å². The van der Waals surface area contributed by atoms with Crippen LogP contribution in [-0.2, 0) is 13.0 Å². The average molecular weight is 295 g/mol. The van der Waals surface area contributed by atoms with E-state index in [1.54, 1.807) is 0 Å². The molecule has 0 aromatic carbocycles. The largest absolute Gasteiger partial charge is 0.311 e. The van der Waals surface area contributed by atoms with Gasteiger partial charge in [0, 0.05) is 30.6 Å². The molecule has 0 unspecified atom stereocenters. The first-order valence-corrected chi connectivity index (χ1v) is 7.44. The third-order valence-corrected chi connectivity index (χ3v) is 4.18. The van der Waals surface area contributed by atoms with Gasteiger partial charge in [0.15, 0.2) is 5.65 Å². The number of halogens is 1. The summed E-state index contributed by atoms with van der Waals surface area (Å²) < 4.78 is 2.21. The second-order valence-electron chi connectivity index (χ2n) is 6.06. The fourth-order valence-electron chi connectivity index (χ4n) is 2.15. The van der Waals surface area contributed by atoms with E-state index in [0.29, 0.717) is 5.88 Å². The Kier molecular flexibility index (Phi) is 4.35. The summed E-state index contributed by atoms with van der Waals surface area (Å²) in [4.78, 5) is 11.5. The van der Waals surface area contributed by atoms with Crippen molar-refractivity contribution in [1.29, 1.82) is 0 Å². The van der Waals surface area contributed by atoms with Crippen molar-refractivity contribution in [2.75, 3.05) is 20.0 Å². The highest BCUT2D eigenvalue weighted by Crippen LogP contribution is 2.22. The minimum Gasteiger partial charge on any atom is -0.311 e. The van der Waals surface area contributed by atoms with Crippen LogP contribution in [0.2, 0.25) is 0 Å². The van der Waals surface area contributed by atoms with Crippen LogP contribution in [0.4, 0.5) is 0 Å². The van der Waals surface area contributed by atoms with Gasteiger partial charge in [-0.15, -0.1) is 11.6 Å². The van der Waals surface area contributed by atoms with Crippen molar-refractivity contribution in [3.63, 3.8) is 0 Å². The van der Waals surface area contributed by atoms with Crippen molar-refractivity contribution in [1.82, 2.24) is 19.4 Å². The molecule has 0 saturated heterocycles. The second kappa shape index (κ2) is 5.70. The van der Waals surface area contributed by atoms with E-state index in [9.17, 15) is 0 Å². The quantitative estimate of drug-likeness (QED) is 0.795. The molecule has 20 heavy (non-hydrogen) atoms. The smallest absolute Gasteiger partial charge is 0.160 e. The van der Waals surface area contributed by atoms with Gasteiger partial charge in [-0.1, -0.05) is 0 Å². The molecule has 2 heterocycles. The molecule has 0 aliphatic carbocycles. The van der Waals surface area contributed by atoms with Gasteiger partial charge >= 0.3 is 0 Å². The van der Waals surface area contributed by atoms with Crippen molar-refractivity contribution in [2.45, 2.75) is 39.3 Å². The molecule has 5 heteroatoms. The molecule has 0 N–H and O–H groups in total. The van der Waals surface area contributed by atoms with Gasteiger partial charge in [0.2, 0.25) is 0 Å². The Morgan fingerprint density at radius 3 is 2.65 bits per heavy atom. The lowest BCUT2D eigenvalue weighted by molar-refractivity contribution is 0.169. The first kappa shape index (κ1) is 15.3. The summed E-state index contributed by atoms with van der Waals surface area (Å²) in [6.07, 6.45) is 2.61. The van der Waals surface area contributed by atoms with Crippen LogP contribution in [0.3, 0.4) is 0 Å². The SMILES string of the molecule is Cc1ccnc2c1nc(CCCl)n2CC(C)(C)N(C)C. The van der Waals surface area contributed by atoms with Gasteiger partial charge in [-0.2, -0.15) is 0 Å². The monoisotopic (exact) mass is 294 g/mol. The predicted molar refractivity (Wildman–Crippen MR) is 84.5 cm³/mol. The van der Waals surface area contributed by atoms with Crippen molar-refractivity contribution in [3.05, 3.63) is 23.7 Å². The number of fused-ring (bicyclic) bond motifs is 1. The van der Waals surface area contributed by atoms with Crippen LogP contribution in [0.1, 0.15) is 25.2 Å². The van der Waals surface area contributed by atoms with Gasteiger partial charge < -0.3 is 9.47 Å². The molecule has 2 rings (SSSR count). The fourth-order valence-corrected chi connectivity index (χ4v) is 2.32. The van der Waals surface area contributed by atoms with Gasteiger partial charge in [0.1, 0.15) is 11.3 Å². The molecule has 0 spiro atoms. The third kappa shape index (κ3) is 2.81. The van der Waals surface area contributed by atoms with Crippen LogP contribution in [0.15, 0.2) is 12.3 Å². The third-order valence-electron chi connectivity index (χ3n) is 3.99. The molecular weight excluding hydrogens is 272 g/mol. The van der Waals surface area contributed by atoms with Gasteiger partial charge in [-0.05, 0) is 46.5 Å². The van der Waals surface area contributed by atoms with Crippen molar-refractivity contribution < 1.29 is 0 Å². The molecular formula is C15H23ClN4. The number of alkyl halides is 1. The molecule has 0 amide bonds. The zero-order valence-corrected chi connectivity index (χ0v) is 13.7. The minimum atomic E-state index is 0.0279. The standard InChI is InChI=1S/C15H23ClN4/c1-11-7-9-17-14-13(11)18-12(6-8-16)20(14)10-15(2,3)19(4)5/h7,9H,6,8,10H2,1-5H3. The minimum absolute atomic E-state index is 0.0279. The number of hydrogen-bond donors (Lipinski definition) is 0. The number of pyridine rings is 1. The number of aryl methyl sites for hydroxylation is 2. The Morgan fingerprint density at radius 1 is 1.35 bits per heavy atom. The lowest BCUT2D eigenvalue weighted by atomic mass is 10.0. The van der Waals surface area contributed by atoms with Crippen LogP contribution in [-0.4, -0.2) is 44.9 Å². The lowest BCUT2D eigenvalue weighted by Crippen LogP contribution is -2.42.